The van der Waals surface area contributed by atoms with Crippen molar-refractivity contribution in [2.45, 2.75) is 149 Å². The molecule has 0 amide bonds. The first-order valence-electron chi connectivity index (χ1n) is 13.7. The highest BCUT2D eigenvalue weighted by Gasteiger charge is 2.05. The molecule has 0 atom stereocenters. The van der Waals surface area contributed by atoms with Crippen molar-refractivity contribution in [1.82, 2.24) is 0 Å². The maximum Gasteiger partial charge on any atom is 0.336 e. The second-order valence-corrected chi connectivity index (χ2v) is 9.11. The average Bonchev–Trinajstić information content (AvgIpc) is 2.78. The van der Waals surface area contributed by atoms with Crippen molar-refractivity contribution < 1.29 is 14.3 Å². The molecule has 0 fully saturated rings. The quantitative estimate of drug-likeness (QED) is 0.0651. The van der Waals surface area contributed by atoms with Crippen LogP contribution in [0.15, 0.2) is 11.8 Å². The molecule has 0 rings (SSSR count). The van der Waals surface area contributed by atoms with Gasteiger partial charge in [-0.15, -0.1) is 0 Å². The molecule has 0 saturated heterocycles. The molecule has 0 N–H and O–H groups in total. The van der Waals surface area contributed by atoms with Gasteiger partial charge in [0.25, 0.3) is 0 Å². The number of carbonyl (C=O) groups excluding carboxylic acids is 1. The lowest BCUT2D eigenvalue weighted by Gasteiger charge is -2.06. The summed E-state index contributed by atoms with van der Waals surface area (Å²) in [6, 6.07) is 0. The molecule has 0 aliphatic carbocycles. The highest BCUT2D eigenvalue weighted by atomic mass is 16.5. The Hall–Kier alpha value is -0.990. The molecule has 0 aromatic rings. The minimum Gasteiger partial charge on any atom is -0.501 e. The molecule has 0 spiro atoms. The van der Waals surface area contributed by atoms with E-state index in [0.717, 1.165) is 12.8 Å². The van der Waals surface area contributed by atoms with Crippen molar-refractivity contribution in [2.24, 2.45) is 0 Å². The van der Waals surface area contributed by atoms with Crippen molar-refractivity contribution in [1.29, 1.82) is 0 Å². The molecule has 0 unspecified atom stereocenters. The van der Waals surface area contributed by atoms with Gasteiger partial charge in [0, 0.05) is 0 Å². The van der Waals surface area contributed by atoms with Crippen LogP contribution in [-0.4, -0.2) is 19.2 Å². The van der Waals surface area contributed by atoms with E-state index in [4.69, 9.17) is 9.47 Å². The Kier molecular flexibility index (Phi) is 24.5. The van der Waals surface area contributed by atoms with Gasteiger partial charge in [-0.1, -0.05) is 129 Å². The summed E-state index contributed by atoms with van der Waals surface area (Å²) in [5.41, 5.74) is 0.537. The number of ether oxygens (including phenoxy) is 2. The summed E-state index contributed by atoms with van der Waals surface area (Å²) in [6.07, 6.45) is 29.0. The first kappa shape index (κ1) is 30.0. The fourth-order valence-corrected chi connectivity index (χ4v) is 3.89. The lowest BCUT2D eigenvalue weighted by molar-refractivity contribution is -0.139. The lowest BCUT2D eigenvalue weighted by Crippen LogP contribution is -2.07. The zero-order valence-electron chi connectivity index (χ0n) is 21.4. The van der Waals surface area contributed by atoms with Crippen LogP contribution in [0.5, 0.6) is 0 Å². The van der Waals surface area contributed by atoms with Gasteiger partial charge in [-0.25, -0.2) is 4.79 Å². The molecule has 0 radical (unpaired) electrons. The van der Waals surface area contributed by atoms with Crippen LogP contribution in [0.1, 0.15) is 149 Å². The van der Waals surface area contributed by atoms with Crippen LogP contribution in [0.2, 0.25) is 0 Å². The van der Waals surface area contributed by atoms with Gasteiger partial charge in [0.1, 0.15) is 0 Å². The van der Waals surface area contributed by atoms with Gasteiger partial charge in [0.05, 0.1) is 25.0 Å². The highest BCUT2D eigenvalue weighted by molar-refractivity contribution is 5.87. The Bertz CT molecular complexity index is 403. The smallest absolute Gasteiger partial charge is 0.336 e. The van der Waals surface area contributed by atoms with Gasteiger partial charge >= 0.3 is 5.97 Å². The van der Waals surface area contributed by atoms with Crippen molar-refractivity contribution in [2.75, 3.05) is 13.2 Å². The normalized spacial score (nSPS) is 11.6. The van der Waals surface area contributed by atoms with Gasteiger partial charge < -0.3 is 9.47 Å². The number of hydrogen-bond acceptors (Lipinski definition) is 3. The standard InChI is InChI=1S/C28H54O3/c1-4-6-7-8-9-10-11-12-13-14-15-16-17-18-19-20-21-22-23-24-25-31-28(29)27(3)26-30-5-2/h26H,4-25H2,1-3H3. The highest BCUT2D eigenvalue weighted by Crippen LogP contribution is 2.14. The summed E-state index contributed by atoms with van der Waals surface area (Å²) in [4.78, 5) is 11.7. The van der Waals surface area contributed by atoms with E-state index in [1.165, 1.54) is 122 Å². The molecule has 0 bridgehead atoms. The predicted octanol–water partition coefficient (Wildman–Crippen LogP) is 9.29. The van der Waals surface area contributed by atoms with Crippen molar-refractivity contribution in [3.63, 3.8) is 0 Å². The number of rotatable bonds is 24. The van der Waals surface area contributed by atoms with E-state index in [0.29, 0.717) is 18.8 Å². The van der Waals surface area contributed by atoms with Crippen LogP contribution in [-0.2, 0) is 14.3 Å². The van der Waals surface area contributed by atoms with Crippen LogP contribution in [0, 0.1) is 0 Å². The zero-order chi connectivity index (χ0) is 22.8. The van der Waals surface area contributed by atoms with E-state index >= 15 is 0 Å². The van der Waals surface area contributed by atoms with Crippen molar-refractivity contribution in [3.05, 3.63) is 11.8 Å². The fourth-order valence-electron chi connectivity index (χ4n) is 3.89. The van der Waals surface area contributed by atoms with Gasteiger partial charge in [0.15, 0.2) is 0 Å². The molecule has 0 saturated carbocycles. The summed E-state index contributed by atoms with van der Waals surface area (Å²) in [5.74, 6) is -0.258. The van der Waals surface area contributed by atoms with Crippen molar-refractivity contribution >= 4 is 5.97 Å². The van der Waals surface area contributed by atoms with E-state index in [-0.39, 0.29) is 5.97 Å². The number of hydrogen-bond donors (Lipinski definition) is 0. The van der Waals surface area contributed by atoms with Crippen LogP contribution in [0.4, 0.5) is 0 Å². The van der Waals surface area contributed by atoms with E-state index in [9.17, 15) is 4.79 Å². The van der Waals surface area contributed by atoms with E-state index in [1.807, 2.05) is 6.92 Å². The summed E-state index contributed by atoms with van der Waals surface area (Å²) >= 11 is 0. The first-order chi connectivity index (χ1) is 15.2. The molecule has 0 aromatic carbocycles. The minimum atomic E-state index is -0.258. The summed E-state index contributed by atoms with van der Waals surface area (Å²) in [5, 5.41) is 0. The second kappa shape index (κ2) is 25.3. The molecule has 0 aliphatic rings. The molecular formula is C28H54O3. The average molecular weight is 439 g/mol. The van der Waals surface area contributed by atoms with Gasteiger partial charge in [-0.2, -0.15) is 0 Å². The van der Waals surface area contributed by atoms with E-state index < -0.39 is 0 Å². The Morgan fingerprint density at radius 2 is 0.935 bits per heavy atom. The second-order valence-electron chi connectivity index (χ2n) is 9.11. The first-order valence-corrected chi connectivity index (χ1v) is 13.7. The number of carbonyl (C=O) groups is 1. The third-order valence-electron chi connectivity index (χ3n) is 5.98. The maximum absolute atomic E-state index is 11.7. The van der Waals surface area contributed by atoms with E-state index in [1.54, 1.807) is 6.92 Å². The molecule has 0 heterocycles. The monoisotopic (exact) mass is 438 g/mol. The van der Waals surface area contributed by atoms with Gasteiger partial charge in [-0.05, 0) is 20.3 Å². The Morgan fingerprint density at radius 3 is 1.29 bits per heavy atom. The SMILES string of the molecule is CCCCCCCCCCCCCCCCCCCCCCOC(=O)C(C)=COCC. The molecule has 0 aliphatic heterocycles. The summed E-state index contributed by atoms with van der Waals surface area (Å²) in [7, 11) is 0. The largest absolute Gasteiger partial charge is 0.501 e. The van der Waals surface area contributed by atoms with Crippen LogP contribution in [0.3, 0.4) is 0 Å². The topological polar surface area (TPSA) is 35.5 Å². The van der Waals surface area contributed by atoms with Crippen LogP contribution >= 0.6 is 0 Å². The Labute approximate surface area is 194 Å². The lowest BCUT2D eigenvalue weighted by atomic mass is 10.0. The van der Waals surface area contributed by atoms with Gasteiger partial charge in [0.2, 0.25) is 0 Å². The van der Waals surface area contributed by atoms with Crippen molar-refractivity contribution in [3.8, 4) is 0 Å². The molecular weight excluding hydrogens is 384 g/mol. The molecule has 31 heavy (non-hydrogen) atoms. The van der Waals surface area contributed by atoms with Crippen LogP contribution < -0.4 is 0 Å². The number of unbranched alkanes of at least 4 members (excludes halogenated alkanes) is 19. The summed E-state index contributed by atoms with van der Waals surface area (Å²) < 4.78 is 10.4. The molecule has 3 heteroatoms. The minimum absolute atomic E-state index is 0.258. The van der Waals surface area contributed by atoms with Crippen LogP contribution in [0.25, 0.3) is 0 Å². The zero-order valence-corrected chi connectivity index (χ0v) is 21.4. The maximum atomic E-state index is 11.7. The molecule has 184 valence electrons. The van der Waals surface area contributed by atoms with Gasteiger partial charge in [-0.3, -0.25) is 0 Å². The van der Waals surface area contributed by atoms with E-state index in [2.05, 4.69) is 6.92 Å². The Balaban J connectivity index is 3.16. The summed E-state index contributed by atoms with van der Waals surface area (Å²) in [6.45, 7) is 7.01. The Morgan fingerprint density at radius 1 is 0.581 bits per heavy atom. The molecule has 0 aromatic heterocycles. The predicted molar refractivity (Wildman–Crippen MR) is 134 cm³/mol. The third kappa shape index (κ3) is 23.5. The third-order valence-corrected chi connectivity index (χ3v) is 5.98. The number of esters is 1. The molecule has 3 nitrogen and oxygen atoms in total. The fraction of sp³-hybridized carbons (Fsp3) is 0.893.